The third-order valence-corrected chi connectivity index (χ3v) is 4.19. The first kappa shape index (κ1) is 11.7. The van der Waals surface area contributed by atoms with Crippen LogP contribution in [0, 0.1) is 12.8 Å². The number of piperidine rings is 1. The molecule has 1 amide bonds. The molecule has 0 spiro atoms. The number of nitrogens with zero attached hydrogens (tertiary/aromatic N) is 2. The molecule has 3 heterocycles. The van der Waals surface area contributed by atoms with E-state index in [1.54, 1.807) is 0 Å². The summed E-state index contributed by atoms with van der Waals surface area (Å²) in [6, 6.07) is 4.44. The van der Waals surface area contributed by atoms with Gasteiger partial charge in [0.2, 0.25) is 5.91 Å². The van der Waals surface area contributed by atoms with Crippen molar-refractivity contribution in [3.8, 4) is 0 Å². The van der Waals surface area contributed by atoms with Crippen molar-refractivity contribution in [1.82, 2.24) is 15.2 Å². The van der Waals surface area contributed by atoms with Crippen molar-refractivity contribution in [1.29, 1.82) is 0 Å². The Morgan fingerprint density at radius 3 is 3.28 bits per heavy atom. The summed E-state index contributed by atoms with van der Waals surface area (Å²) in [6.07, 6.45) is 4.00. The number of carbonyl (C=O) groups excluding carboxylic acids is 1. The average molecular weight is 245 g/mol. The second-order valence-electron chi connectivity index (χ2n) is 5.30. The zero-order valence-corrected chi connectivity index (χ0v) is 10.7. The molecule has 2 aliphatic heterocycles. The van der Waals surface area contributed by atoms with Crippen LogP contribution in [0.4, 0.5) is 0 Å². The molecule has 0 saturated carbocycles. The zero-order chi connectivity index (χ0) is 12.5. The molecule has 1 N–H and O–H groups in total. The third kappa shape index (κ3) is 2.01. The first-order valence-electron chi connectivity index (χ1n) is 6.68. The van der Waals surface area contributed by atoms with Gasteiger partial charge in [-0.1, -0.05) is 6.07 Å². The third-order valence-electron chi connectivity index (χ3n) is 4.19. The fraction of sp³-hybridized carbons (Fsp3) is 0.571. The maximum Gasteiger partial charge on any atom is 0.224 e. The highest BCUT2D eigenvalue weighted by atomic mass is 16.2. The van der Waals surface area contributed by atoms with Crippen molar-refractivity contribution < 1.29 is 4.79 Å². The van der Waals surface area contributed by atoms with Gasteiger partial charge in [-0.15, -0.1) is 0 Å². The molecule has 1 aromatic rings. The van der Waals surface area contributed by atoms with E-state index in [4.69, 9.17) is 0 Å². The van der Waals surface area contributed by atoms with Gasteiger partial charge in [0.05, 0.1) is 11.6 Å². The largest absolute Gasteiger partial charge is 0.354 e. The van der Waals surface area contributed by atoms with Crippen molar-refractivity contribution in [3.05, 3.63) is 29.6 Å². The van der Waals surface area contributed by atoms with E-state index < -0.39 is 0 Å². The maximum absolute atomic E-state index is 11.7. The van der Waals surface area contributed by atoms with Crippen molar-refractivity contribution in [2.45, 2.75) is 32.4 Å². The Morgan fingerprint density at radius 2 is 2.44 bits per heavy atom. The molecule has 0 bridgehead atoms. The van der Waals surface area contributed by atoms with Crippen LogP contribution in [-0.4, -0.2) is 34.9 Å². The van der Waals surface area contributed by atoms with Gasteiger partial charge in [0.25, 0.3) is 0 Å². The summed E-state index contributed by atoms with van der Waals surface area (Å²) >= 11 is 0. The maximum atomic E-state index is 11.7. The number of likely N-dealkylation sites (tertiary alicyclic amines) is 1. The highest BCUT2D eigenvalue weighted by molar-refractivity contribution is 5.82. The predicted octanol–water partition coefficient (Wildman–Crippen LogP) is 1.10. The summed E-state index contributed by atoms with van der Waals surface area (Å²) in [4.78, 5) is 18.6. The van der Waals surface area contributed by atoms with E-state index in [0.29, 0.717) is 6.04 Å². The zero-order valence-electron chi connectivity index (χ0n) is 10.7. The number of aromatic nitrogens is 1. The summed E-state index contributed by atoms with van der Waals surface area (Å²) < 4.78 is 0. The second kappa shape index (κ2) is 4.69. The molecule has 0 radical (unpaired) electrons. The minimum absolute atomic E-state index is 0.197. The van der Waals surface area contributed by atoms with Crippen LogP contribution in [0.15, 0.2) is 18.3 Å². The Balaban J connectivity index is 1.76. The highest BCUT2D eigenvalue weighted by Crippen LogP contribution is 2.28. The lowest BCUT2D eigenvalue weighted by molar-refractivity contribution is -0.124. The predicted molar refractivity (Wildman–Crippen MR) is 68.9 cm³/mol. The molecule has 0 aromatic carbocycles. The van der Waals surface area contributed by atoms with Gasteiger partial charge in [-0.25, -0.2) is 0 Å². The van der Waals surface area contributed by atoms with Crippen molar-refractivity contribution in [2.24, 2.45) is 5.92 Å². The van der Waals surface area contributed by atoms with Gasteiger partial charge in [-0.2, -0.15) is 0 Å². The van der Waals surface area contributed by atoms with E-state index in [1.165, 1.54) is 5.56 Å². The fourth-order valence-electron chi connectivity index (χ4n) is 3.11. The molecule has 0 unspecified atom stereocenters. The second-order valence-corrected chi connectivity index (χ2v) is 5.30. The first-order chi connectivity index (χ1) is 8.75. The number of rotatable bonds is 2. The van der Waals surface area contributed by atoms with E-state index in [0.717, 1.165) is 38.2 Å². The van der Waals surface area contributed by atoms with Gasteiger partial charge in [0.1, 0.15) is 0 Å². The topological polar surface area (TPSA) is 45.2 Å². The highest BCUT2D eigenvalue weighted by Gasteiger charge is 2.40. The molecule has 3 rings (SSSR count). The van der Waals surface area contributed by atoms with Crippen molar-refractivity contribution >= 4 is 5.91 Å². The van der Waals surface area contributed by atoms with E-state index in [9.17, 15) is 4.79 Å². The molecule has 4 nitrogen and oxygen atoms in total. The van der Waals surface area contributed by atoms with Crippen LogP contribution in [0.3, 0.4) is 0 Å². The quantitative estimate of drug-likeness (QED) is 0.848. The van der Waals surface area contributed by atoms with Crippen molar-refractivity contribution in [3.63, 3.8) is 0 Å². The molecule has 0 aliphatic carbocycles. The van der Waals surface area contributed by atoms with Crippen LogP contribution in [0.25, 0.3) is 0 Å². The summed E-state index contributed by atoms with van der Waals surface area (Å²) in [7, 11) is 0. The molecule has 18 heavy (non-hydrogen) atoms. The summed E-state index contributed by atoms with van der Waals surface area (Å²) in [5.74, 6) is 0.435. The van der Waals surface area contributed by atoms with Crippen LogP contribution >= 0.6 is 0 Å². The summed E-state index contributed by atoms with van der Waals surface area (Å²) in [5, 5.41) is 2.99. The Morgan fingerprint density at radius 1 is 1.56 bits per heavy atom. The van der Waals surface area contributed by atoms with Gasteiger partial charge >= 0.3 is 0 Å². The smallest absolute Gasteiger partial charge is 0.224 e. The van der Waals surface area contributed by atoms with Crippen LogP contribution in [-0.2, 0) is 11.3 Å². The SMILES string of the molecule is Cc1cccnc1CN1CCC[C@H]2C(=O)NC[C@H]21. The molecular formula is C14H19N3O. The molecular weight excluding hydrogens is 226 g/mol. The molecule has 2 saturated heterocycles. The van der Waals surface area contributed by atoms with Gasteiger partial charge in [-0.3, -0.25) is 14.7 Å². The normalized spacial score (nSPS) is 27.9. The van der Waals surface area contributed by atoms with Gasteiger partial charge in [0.15, 0.2) is 0 Å². The van der Waals surface area contributed by atoms with E-state index >= 15 is 0 Å². The summed E-state index contributed by atoms with van der Waals surface area (Å²) in [6.45, 7) is 4.84. The monoisotopic (exact) mass is 245 g/mol. The molecule has 96 valence electrons. The molecule has 2 aliphatic rings. The molecule has 2 fully saturated rings. The first-order valence-corrected chi connectivity index (χ1v) is 6.68. The van der Waals surface area contributed by atoms with Crippen LogP contribution in [0.5, 0.6) is 0 Å². The number of fused-ring (bicyclic) bond motifs is 1. The average Bonchev–Trinajstić information content (AvgIpc) is 2.76. The van der Waals surface area contributed by atoms with Crippen LogP contribution < -0.4 is 5.32 Å². The number of carbonyl (C=O) groups is 1. The Hall–Kier alpha value is -1.42. The lowest BCUT2D eigenvalue weighted by Crippen LogP contribution is -2.45. The van der Waals surface area contributed by atoms with E-state index in [2.05, 4.69) is 28.2 Å². The number of pyridine rings is 1. The Bertz CT molecular complexity index is 460. The lowest BCUT2D eigenvalue weighted by Gasteiger charge is -2.35. The Labute approximate surface area is 107 Å². The van der Waals surface area contributed by atoms with E-state index in [1.807, 2.05) is 12.3 Å². The van der Waals surface area contributed by atoms with E-state index in [-0.39, 0.29) is 11.8 Å². The number of hydrogen-bond acceptors (Lipinski definition) is 3. The van der Waals surface area contributed by atoms with Crippen molar-refractivity contribution in [2.75, 3.05) is 13.1 Å². The minimum atomic E-state index is 0.197. The van der Waals surface area contributed by atoms with Crippen LogP contribution in [0.1, 0.15) is 24.1 Å². The molecule has 2 atom stereocenters. The minimum Gasteiger partial charge on any atom is -0.354 e. The standard InChI is InChI=1S/C14H19N3O/c1-10-4-2-6-15-12(10)9-17-7-3-5-11-13(17)8-16-14(11)18/h2,4,6,11,13H,3,5,7-9H2,1H3,(H,16,18)/t11-,13-/m1/s1. The molecule has 4 heteroatoms. The van der Waals surface area contributed by atoms with Gasteiger partial charge < -0.3 is 5.32 Å². The molecule has 1 aromatic heterocycles. The number of hydrogen-bond donors (Lipinski definition) is 1. The number of amides is 1. The number of aryl methyl sites for hydroxylation is 1. The van der Waals surface area contributed by atoms with Gasteiger partial charge in [-0.05, 0) is 37.9 Å². The van der Waals surface area contributed by atoms with Gasteiger partial charge in [0, 0.05) is 25.3 Å². The number of nitrogens with one attached hydrogen (secondary N) is 1. The summed E-state index contributed by atoms with van der Waals surface area (Å²) in [5.41, 5.74) is 2.37. The fourth-order valence-corrected chi connectivity index (χ4v) is 3.11. The van der Waals surface area contributed by atoms with Crippen LogP contribution in [0.2, 0.25) is 0 Å². The Kier molecular flexibility index (Phi) is 3.04. The lowest BCUT2D eigenvalue weighted by atomic mass is 9.91.